The van der Waals surface area contributed by atoms with E-state index in [1.807, 2.05) is 13.0 Å². The molecule has 0 amide bonds. The normalized spacial score (nSPS) is 11.5. The molecule has 3 aromatic heterocycles. The van der Waals surface area contributed by atoms with Gasteiger partial charge in [0.1, 0.15) is 16.5 Å². The van der Waals surface area contributed by atoms with E-state index < -0.39 is 0 Å². The highest BCUT2D eigenvalue weighted by Gasteiger charge is 2.10. The van der Waals surface area contributed by atoms with Crippen LogP contribution in [0, 0.1) is 12.7 Å². The van der Waals surface area contributed by atoms with Gasteiger partial charge in [-0.2, -0.15) is 0 Å². The molecule has 0 aliphatic rings. The monoisotopic (exact) mass is 314 g/mol. The predicted molar refractivity (Wildman–Crippen MR) is 83.8 cm³/mol. The molecule has 0 spiro atoms. The van der Waals surface area contributed by atoms with Crippen molar-refractivity contribution < 1.29 is 4.39 Å². The van der Waals surface area contributed by atoms with Crippen molar-refractivity contribution in [2.75, 3.05) is 0 Å². The maximum atomic E-state index is 13.2. The second-order valence-electron chi connectivity index (χ2n) is 5.10. The van der Waals surface area contributed by atoms with Crippen molar-refractivity contribution in [1.29, 1.82) is 0 Å². The topological polar surface area (TPSA) is 63.6 Å². The summed E-state index contributed by atoms with van der Waals surface area (Å²) in [7, 11) is 0. The van der Waals surface area contributed by atoms with Crippen LogP contribution >= 0.6 is 11.3 Å². The van der Waals surface area contributed by atoms with Gasteiger partial charge in [-0.05, 0) is 31.2 Å². The molecule has 4 aromatic rings. The molecule has 0 bridgehead atoms. The molecule has 1 N–H and O–H groups in total. The molecule has 110 valence electrons. The standard InChI is InChI=1S/C15H11FN4OS/c1-8-4-10-14(22-8)17-7-20(15(10)21)6-13-18-11-3-2-9(16)5-12(11)19-13/h2-5,7H,6H2,1H3,(H,18,19). The lowest BCUT2D eigenvalue weighted by atomic mass is 10.3. The second kappa shape index (κ2) is 4.74. The summed E-state index contributed by atoms with van der Waals surface area (Å²) in [5.74, 6) is 0.271. The Hall–Kier alpha value is -2.54. The Morgan fingerprint density at radius 1 is 1.36 bits per heavy atom. The Bertz CT molecular complexity index is 1060. The number of imidazole rings is 1. The summed E-state index contributed by atoms with van der Waals surface area (Å²) in [5, 5.41) is 0.618. The summed E-state index contributed by atoms with van der Waals surface area (Å²) in [5.41, 5.74) is 1.19. The predicted octanol–water partition coefficient (Wildman–Crippen LogP) is 2.83. The van der Waals surface area contributed by atoms with Gasteiger partial charge in [-0.25, -0.2) is 14.4 Å². The van der Waals surface area contributed by atoms with Crippen LogP contribution in [0.3, 0.4) is 0 Å². The van der Waals surface area contributed by atoms with Gasteiger partial charge in [0.05, 0.1) is 29.3 Å². The third-order valence-corrected chi connectivity index (χ3v) is 4.41. The van der Waals surface area contributed by atoms with Crippen molar-refractivity contribution in [3.63, 3.8) is 0 Å². The fraction of sp³-hybridized carbons (Fsp3) is 0.133. The number of benzene rings is 1. The van der Waals surface area contributed by atoms with Crippen molar-refractivity contribution in [2.45, 2.75) is 13.5 Å². The number of hydrogen-bond donors (Lipinski definition) is 1. The van der Waals surface area contributed by atoms with E-state index in [0.717, 1.165) is 9.71 Å². The molecule has 0 radical (unpaired) electrons. The smallest absolute Gasteiger partial charge is 0.262 e. The van der Waals surface area contributed by atoms with Crippen molar-refractivity contribution in [2.24, 2.45) is 0 Å². The van der Waals surface area contributed by atoms with E-state index in [9.17, 15) is 9.18 Å². The van der Waals surface area contributed by atoms with Crippen LogP contribution in [-0.4, -0.2) is 19.5 Å². The molecule has 22 heavy (non-hydrogen) atoms. The van der Waals surface area contributed by atoms with Crippen molar-refractivity contribution in [1.82, 2.24) is 19.5 Å². The molecule has 3 heterocycles. The number of halogens is 1. The Morgan fingerprint density at radius 2 is 2.23 bits per heavy atom. The van der Waals surface area contributed by atoms with Gasteiger partial charge in [-0.3, -0.25) is 9.36 Å². The van der Waals surface area contributed by atoms with E-state index in [0.29, 0.717) is 22.2 Å². The van der Waals surface area contributed by atoms with Gasteiger partial charge in [0.25, 0.3) is 5.56 Å². The average molecular weight is 314 g/mol. The van der Waals surface area contributed by atoms with Crippen molar-refractivity contribution in [3.05, 3.63) is 57.5 Å². The van der Waals surface area contributed by atoms with E-state index in [4.69, 9.17) is 0 Å². The summed E-state index contributed by atoms with van der Waals surface area (Å²) >= 11 is 1.50. The lowest BCUT2D eigenvalue weighted by Crippen LogP contribution is -2.21. The van der Waals surface area contributed by atoms with Gasteiger partial charge in [0, 0.05) is 4.88 Å². The van der Waals surface area contributed by atoms with Gasteiger partial charge in [-0.1, -0.05) is 0 Å². The molecule has 0 aliphatic carbocycles. The maximum absolute atomic E-state index is 13.2. The number of thiophene rings is 1. The molecule has 7 heteroatoms. The second-order valence-corrected chi connectivity index (χ2v) is 6.33. The number of aryl methyl sites for hydroxylation is 1. The number of hydrogen-bond acceptors (Lipinski definition) is 4. The van der Waals surface area contributed by atoms with E-state index in [-0.39, 0.29) is 17.9 Å². The first-order valence-electron chi connectivity index (χ1n) is 6.70. The van der Waals surface area contributed by atoms with Gasteiger partial charge in [0.2, 0.25) is 0 Å². The largest absolute Gasteiger partial charge is 0.340 e. The van der Waals surface area contributed by atoms with E-state index in [2.05, 4.69) is 15.0 Å². The summed E-state index contributed by atoms with van der Waals surface area (Å²) < 4.78 is 14.7. The molecular weight excluding hydrogens is 303 g/mol. The number of aromatic amines is 1. The first-order valence-corrected chi connectivity index (χ1v) is 7.51. The summed E-state index contributed by atoms with van der Waals surface area (Å²) in [6.07, 6.45) is 1.52. The highest BCUT2D eigenvalue weighted by Crippen LogP contribution is 2.19. The average Bonchev–Trinajstić information content (AvgIpc) is 3.04. The lowest BCUT2D eigenvalue weighted by Gasteiger charge is -2.02. The molecule has 0 unspecified atom stereocenters. The molecule has 0 atom stereocenters. The van der Waals surface area contributed by atoms with E-state index in [1.165, 1.54) is 34.4 Å². The first kappa shape index (κ1) is 13.1. The van der Waals surface area contributed by atoms with Crippen LogP contribution in [0.15, 0.2) is 35.4 Å². The number of fused-ring (bicyclic) bond motifs is 2. The van der Waals surface area contributed by atoms with Gasteiger partial charge in [0.15, 0.2) is 0 Å². The maximum Gasteiger partial charge on any atom is 0.262 e. The zero-order valence-electron chi connectivity index (χ0n) is 11.6. The highest BCUT2D eigenvalue weighted by molar-refractivity contribution is 7.18. The summed E-state index contributed by atoms with van der Waals surface area (Å²) in [6, 6.07) is 6.20. The molecule has 1 aromatic carbocycles. The minimum absolute atomic E-state index is 0.0963. The van der Waals surface area contributed by atoms with Crippen LogP contribution < -0.4 is 5.56 Å². The lowest BCUT2D eigenvalue weighted by molar-refractivity contribution is 0.629. The third kappa shape index (κ3) is 2.10. The Morgan fingerprint density at radius 3 is 3.09 bits per heavy atom. The van der Waals surface area contributed by atoms with Crippen LogP contribution in [0.5, 0.6) is 0 Å². The molecule has 0 aliphatic heterocycles. The zero-order chi connectivity index (χ0) is 15.3. The molecular formula is C15H11FN4OS. The Balaban J connectivity index is 1.78. The molecule has 0 saturated heterocycles. The minimum Gasteiger partial charge on any atom is -0.340 e. The number of nitrogens with one attached hydrogen (secondary N) is 1. The molecule has 4 rings (SSSR count). The van der Waals surface area contributed by atoms with Crippen molar-refractivity contribution in [3.8, 4) is 0 Å². The summed E-state index contributed by atoms with van der Waals surface area (Å²) in [4.78, 5) is 25.9. The quantitative estimate of drug-likeness (QED) is 0.619. The first-order chi connectivity index (χ1) is 10.6. The molecule has 0 saturated carbocycles. The van der Waals surface area contributed by atoms with Crippen LogP contribution in [0.1, 0.15) is 10.7 Å². The number of aromatic nitrogens is 4. The summed E-state index contributed by atoms with van der Waals surface area (Å²) in [6.45, 7) is 2.22. The van der Waals surface area contributed by atoms with Gasteiger partial charge >= 0.3 is 0 Å². The fourth-order valence-electron chi connectivity index (χ4n) is 2.46. The van der Waals surface area contributed by atoms with Gasteiger partial charge in [-0.15, -0.1) is 11.3 Å². The number of rotatable bonds is 2. The number of nitrogens with zero attached hydrogens (tertiary/aromatic N) is 3. The Kier molecular flexibility index (Phi) is 2.83. The minimum atomic E-state index is -0.322. The van der Waals surface area contributed by atoms with Crippen LogP contribution in [0.4, 0.5) is 4.39 Å². The highest BCUT2D eigenvalue weighted by atomic mass is 32.1. The molecule has 0 fully saturated rings. The van der Waals surface area contributed by atoms with Gasteiger partial charge < -0.3 is 4.98 Å². The van der Waals surface area contributed by atoms with Crippen LogP contribution in [-0.2, 0) is 6.54 Å². The SMILES string of the molecule is Cc1cc2c(=O)n(Cc3nc4ccc(F)cc4[nH]3)cnc2s1. The van der Waals surface area contributed by atoms with Crippen molar-refractivity contribution >= 4 is 32.6 Å². The van der Waals surface area contributed by atoms with E-state index >= 15 is 0 Å². The fourth-order valence-corrected chi connectivity index (χ4v) is 3.30. The zero-order valence-corrected chi connectivity index (χ0v) is 12.4. The number of H-pyrrole nitrogens is 1. The Labute approximate surface area is 128 Å². The third-order valence-electron chi connectivity index (χ3n) is 3.45. The van der Waals surface area contributed by atoms with E-state index in [1.54, 1.807) is 6.07 Å². The molecule has 5 nitrogen and oxygen atoms in total. The van der Waals surface area contributed by atoms with Crippen LogP contribution in [0.25, 0.3) is 21.3 Å². The van der Waals surface area contributed by atoms with Crippen LogP contribution in [0.2, 0.25) is 0 Å².